The zero-order valence-corrected chi connectivity index (χ0v) is 81.5. The molecule has 1 saturated heterocycles. The van der Waals surface area contributed by atoms with Crippen molar-refractivity contribution >= 4 is 182 Å². The van der Waals surface area contributed by atoms with Crippen molar-refractivity contribution in [2.45, 2.75) is 174 Å². The first-order chi connectivity index (χ1) is 66.3. The highest BCUT2D eigenvalue weighted by atomic mass is 35.5. The molecule has 24 rings (SSSR count). The molecular formula is C110H126ClN21O4S5. The van der Waals surface area contributed by atoms with E-state index in [1.807, 2.05) is 96.0 Å². The molecule has 732 valence electrons. The van der Waals surface area contributed by atoms with Crippen LogP contribution >= 0.6 is 68.3 Å². The summed E-state index contributed by atoms with van der Waals surface area (Å²) in [6.07, 6.45) is 18.4. The van der Waals surface area contributed by atoms with Crippen LogP contribution < -0.4 is 26.2 Å². The number of benzene rings is 6. The minimum absolute atomic E-state index is 0. The number of anilines is 6. The fourth-order valence-electron chi connectivity index (χ4n) is 18.0. The van der Waals surface area contributed by atoms with Crippen LogP contribution in [0.15, 0.2) is 225 Å². The molecule has 16 heterocycles. The lowest BCUT2D eigenvalue weighted by atomic mass is 9.93. The number of aliphatic hydroxyl groups excluding tert-OH is 4. The number of halogens is 1. The van der Waals surface area contributed by atoms with Crippen LogP contribution in [0, 0.1) is 48.5 Å². The highest BCUT2D eigenvalue weighted by Crippen LogP contribution is 2.43. The largest absolute Gasteiger partial charge is 0.396 e. The molecule has 0 amide bonds. The lowest BCUT2D eigenvalue weighted by Crippen LogP contribution is -2.47. The van der Waals surface area contributed by atoms with Crippen molar-refractivity contribution in [1.82, 2.24) is 77.9 Å². The molecule has 25 nitrogen and oxygen atoms in total. The van der Waals surface area contributed by atoms with Gasteiger partial charge in [-0.2, -0.15) is 0 Å². The summed E-state index contributed by atoms with van der Waals surface area (Å²) in [7, 11) is 0. The third-order valence-corrected chi connectivity index (χ3v) is 32.2. The minimum atomic E-state index is -0.202. The Morgan fingerprint density at radius 2 is 0.879 bits per heavy atom. The molecule has 21 aromatic rings. The van der Waals surface area contributed by atoms with Gasteiger partial charge in [-0.25, -0.2) is 47.5 Å². The molecule has 3 fully saturated rings. The molecule has 2 saturated carbocycles. The molecule has 0 spiro atoms. The van der Waals surface area contributed by atoms with E-state index in [0.29, 0.717) is 6.04 Å². The Morgan fingerprint density at radius 3 is 1.41 bits per heavy atom. The van der Waals surface area contributed by atoms with E-state index >= 15 is 0 Å². The lowest BCUT2D eigenvalue weighted by molar-refractivity contribution is 0.124. The fraction of sp³-hybridized carbons (Fsp3) is 0.309. The quantitative estimate of drug-likeness (QED) is 0.0349. The number of aliphatic hydroxyl groups is 4. The maximum Gasteiger partial charge on any atom is 0.157 e. The summed E-state index contributed by atoms with van der Waals surface area (Å²) < 4.78 is 16.0. The Morgan fingerprint density at radius 1 is 0.390 bits per heavy atom. The predicted octanol–water partition coefficient (Wildman–Crippen LogP) is 26.5. The third kappa shape index (κ3) is 22.2. The van der Waals surface area contributed by atoms with E-state index in [1.54, 1.807) is 56.7 Å². The molecule has 2 aliphatic carbocycles. The Labute approximate surface area is 848 Å². The van der Waals surface area contributed by atoms with E-state index < -0.39 is 0 Å². The summed E-state index contributed by atoms with van der Waals surface area (Å²) in [6.45, 7) is 20.5. The molecule has 31 heteroatoms. The van der Waals surface area contributed by atoms with Gasteiger partial charge in [-0.3, -0.25) is 4.90 Å². The van der Waals surface area contributed by atoms with Gasteiger partial charge < -0.3 is 46.6 Å². The van der Waals surface area contributed by atoms with Crippen molar-refractivity contribution < 1.29 is 20.4 Å². The van der Waals surface area contributed by atoms with Crippen molar-refractivity contribution in [2.75, 3.05) is 78.6 Å². The summed E-state index contributed by atoms with van der Waals surface area (Å²) in [5.41, 5.74) is 18.7. The van der Waals surface area contributed by atoms with Crippen LogP contribution in [0.2, 0.25) is 5.02 Å². The molecular weight excluding hydrogens is 1880 g/mol. The van der Waals surface area contributed by atoms with Gasteiger partial charge in [0.05, 0.1) is 74.2 Å². The zero-order valence-electron chi connectivity index (χ0n) is 76.7. The number of aryl methyl sites for hydroxylation is 5. The van der Waals surface area contributed by atoms with Crippen LogP contribution in [0.4, 0.5) is 34.8 Å². The number of hydrogen-bond donors (Lipinski definition) is 8. The molecule has 2 atom stereocenters. The van der Waals surface area contributed by atoms with Crippen molar-refractivity contribution in [1.29, 1.82) is 0 Å². The summed E-state index contributed by atoms with van der Waals surface area (Å²) in [5.74, 6) is 4.39. The SMILES string of the molecule is C.C.C.C.C.Cc1c(-c2cnc3ccc(NCCCCO)nn23)sc2ccc(Cl)cc12.Cc1c(NC2CCC(O)CC2)nn2c(-c3cc4ccccc4s3)cnc2c1C.Cc1ccc(Nc2nn3c(-c4cc5ccccc5s4)cnc3c(C)c2C)cc1C.OCCN1CCN(c2ccc3ncc(-c4cc5ccccc5s4)n3n2)CC1.O[C@H]1CCCC(Nc2ccc3ncc(-c4cc5ccccc5s4)n3n2)C1. The van der Waals surface area contributed by atoms with Gasteiger partial charge >= 0.3 is 0 Å². The summed E-state index contributed by atoms with van der Waals surface area (Å²) in [6, 6.07) is 67.6. The first-order valence-corrected chi connectivity index (χ1v) is 50.9. The summed E-state index contributed by atoms with van der Waals surface area (Å²) in [5, 5.41) is 82.7. The number of nitrogens with one attached hydrogen (secondary N) is 4. The average Bonchev–Trinajstić information content (AvgIpc) is 1.67. The van der Waals surface area contributed by atoms with Gasteiger partial charge in [0.1, 0.15) is 45.9 Å². The molecule has 6 aromatic carbocycles. The van der Waals surface area contributed by atoms with Gasteiger partial charge in [-0.05, 0) is 277 Å². The van der Waals surface area contributed by atoms with E-state index in [9.17, 15) is 10.2 Å². The second-order valence-corrected chi connectivity index (χ2v) is 41.1. The van der Waals surface area contributed by atoms with Crippen LogP contribution in [0.25, 0.3) is 132 Å². The lowest BCUT2D eigenvalue weighted by Gasteiger charge is -2.34. The number of imidazole rings is 5. The van der Waals surface area contributed by atoms with Crippen molar-refractivity contribution in [3.63, 3.8) is 0 Å². The average molecular weight is 2000 g/mol. The minimum Gasteiger partial charge on any atom is -0.396 e. The number of fused-ring (bicyclic) bond motifs is 10. The van der Waals surface area contributed by atoms with Gasteiger partial charge in [0, 0.05) is 109 Å². The van der Waals surface area contributed by atoms with E-state index in [0.717, 1.165) is 232 Å². The molecule has 1 aliphatic heterocycles. The van der Waals surface area contributed by atoms with Crippen molar-refractivity contribution in [2.24, 2.45) is 0 Å². The number of unbranched alkanes of at least 4 members (excludes halogenated alkanes) is 1. The first kappa shape index (κ1) is 103. The topological polar surface area (TPSA) is 286 Å². The molecule has 8 N–H and O–H groups in total. The Hall–Kier alpha value is -12.7. The van der Waals surface area contributed by atoms with Gasteiger partial charge in [-0.1, -0.05) is 128 Å². The van der Waals surface area contributed by atoms with Crippen molar-refractivity contribution in [3.05, 3.63) is 269 Å². The molecule has 1 unspecified atom stereocenters. The maximum absolute atomic E-state index is 9.88. The second-order valence-electron chi connectivity index (χ2n) is 35.3. The van der Waals surface area contributed by atoms with Gasteiger partial charge in [0.15, 0.2) is 39.9 Å². The van der Waals surface area contributed by atoms with Crippen LogP contribution in [0.1, 0.15) is 140 Å². The van der Waals surface area contributed by atoms with Gasteiger partial charge in [0.25, 0.3) is 0 Å². The number of rotatable bonds is 19. The number of thiophene rings is 5. The smallest absolute Gasteiger partial charge is 0.157 e. The van der Waals surface area contributed by atoms with Gasteiger partial charge in [-0.15, -0.1) is 82.2 Å². The molecule has 15 aromatic heterocycles. The Bertz CT molecular complexity index is 7750. The van der Waals surface area contributed by atoms with Crippen molar-refractivity contribution in [3.8, 4) is 52.9 Å². The molecule has 3 aliphatic rings. The standard InChI is InChI=1S/C24H22N4S.C22H24N4OS.C20H21N5OS.C20H20N4OS.C19H19ClN4OS.5CH4/c1-14-9-10-19(11-15(14)2)26-23-16(3)17(4)24-25-13-20(28(24)27-23)22-12-18-7-5-6-8-21(18)29-22;1-13-14(2)22-23-12-18(20-11-15-5-3-4-6-19(15)28-20)26(22)25-21(13)24-16-7-9-17(27)10-8-16;26-12-11-23-7-9-24(10-8-23)20-6-5-19-21-14-16(25(19)22-20)18-13-15-3-1-2-4-17(15)27-18;25-15-6-3-5-14(11-15)22-19-8-9-20-21-12-16(24(20)23-19)18-10-13-4-1-2-7-17(13)26-18;1-12-14-10-13(20)4-5-16(14)26-19(12)15-11-22-18-7-6-17(23-24(15)18)21-8-2-3-9-25;;;;;/h5-13H,1-4H3,(H,26,27);3-6,11-12,16-17,27H,7-10H2,1-2H3,(H,24,25);1-6,13-14,26H,7-12H2;1-2,4,7-10,12,14-15,25H,3,5-6,11H2,(H,22,23);4-7,10-11,25H,2-3,8-9H2,1H3,(H,21,23);5*1H4/t;;;14?,15-;;;;;;/m...0....../s1. The summed E-state index contributed by atoms with van der Waals surface area (Å²) >= 11 is 15.0. The summed E-state index contributed by atoms with van der Waals surface area (Å²) in [4.78, 5) is 33.3. The molecule has 0 bridgehead atoms. The van der Waals surface area contributed by atoms with Crippen LogP contribution in [0.3, 0.4) is 0 Å². The normalized spacial score (nSPS) is 15.3. The number of hydrogen-bond acceptors (Lipinski definition) is 25. The second kappa shape index (κ2) is 45.5. The van der Waals surface area contributed by atoms with E-state index in [-0.39, 0.29) is 68.6 Å². The number of nitrogens with zero attached hydrogens (tertiary/aromatic N) is 17. The zero-order chi connectivity index (χ0) is 93.2. The van der Waals surface area contributed by atoms with E-state index in [2.05, 4.69) is 256 Å². The number of aromatic nitrogens is 15. The van der Waals surface area contributed by atoms with E-state index in [4.69, 9.17) is 47.3 Å². The predicted molar refractivity (Wildman–Crippen MR) is 595 cm³/mol. The van der Waals surface area contributed by atoms with Crippen LogP contribution in [0.5, 0.6) is 0 Å². The van der Waals surface area contributed by atoms with Gasteiger partial charge in [0.2, 0.25) is 0 Å². The fourth-order valence-corrected chi connectivity index (χ4v) is 23.6. The highest BCUT2D eigenvalue weighted by molar-refractivity contribution is 7.23. The maximum atomic E-state index is 9.88. The number of β-amino-alcohol motifs (C(OH)–C–C–N with tert-alkyl or cyclic N) is 1. The number of piperazine rings is 1. The Kier molecular flexibility index (Phi) is 33.1. The van der Waals surface area contributed by atoms with E-state index in [1.165, 1.54) is 81.8 Å². The van der Waals surface area contributed by atoms with Crippen LogP contribution in [-0.2, 0) is 0 Å². The van der Waals surface area contributed by atoms with Crippen LogP contribution in [-0.4, -0.2) is 175 Å². The first-order valence-electron chi connectivity index (χ1n) is 46.4. The molecule has 141 heavy (non-hydrogen) atoms. The Balaban J connectivity index is 0.000000132. The monoisotopic (exact) mass is 2000 g/mol. The molecule has 0 radical (unpaired) electrons. The highest BCUT2D eigenvalue weighted by Gasteiger charge is 2.27. The third-order valence-electron chi connectivity index (χ3n) is 26.1.